The summed E-state index contributed by atoms with van der Waals surface area (Å²) in [5, 5.41) is 5.93. The number of anilines is 1. The summed E-state index contributed by atoms with van der Waals surface area (Å²) in [5.74, 6) is 0.118. The molecule has 2 N–H and O–H groups in total. The molecule has 122 valence electrons. The highest BCUT2D eigenvalue weighted by molar-refractivity contribution is 5.94. The normalized spacial score (nSPS) is 10.3. The Morgan fingerprint density at radius 1 is 1.22 bits per heavy atom. The van der Waals surface area contributed by atoms with Crippen LogP contribution < -0.4 is 10.6 Å². The van der Waals surface area contributed by atoms with E-state index in [1.165, 1.54) is 6.07 Å². The van der Waals surface area contributed by atoms with Gasteiger partial charge in [0, 0.05) is 30.4 Å². The maximum Gasteiger partial charge on any atom is 0.251 e. The largest absolute Gasteiger partial charge is 0.370 e. The van der Waals surface area contributed by atoms with E-state index < -0.39 is 0 Å². The molecule has 5 heteroatoms. The Bertz CT molecular complexity index is 646. The van der Waals surface area contributed by atoms with Gasteiger partial charge in [-0.05, 0) is 24.6 Å². The van der Waals surface area contributed by atoms with E-state index >= 15 is 0 Å². The molecule has 0 unspecified atom stereocenters. The zero-order chi connectivity index (χ0) is 16.5. The van der Waals surface area contributed by atoms with E-state index in [0.29, 0.717) is 16.9 Å². The molecular weight excluding hydrogens is 293 g/mol. The van der Waals surface area contributed by atoms with Gasteiger partial charge in [0.2, 0.25) is 0 Å². The van der Waals surface area contributed by atoms with Crippen LogP contribution in [0.2, 0.25) is 0 Å². The zero-order valence-electron chi connectivity index (χ0n) is 13.3. The van der Waals surface area contributed by atoms with Crippen LogP contribution in [0.5, 0.6) is 0 Å². The van der Waals surface area contributed by atoms with Crippen LogP contribution in [0.1, 0.15) is 42.1 Å². The van der Waals surface area contributed by atoms with Gasteiger partial charge in [0.1, 0.15) is 11.6 Å². The number of unbranched alkanes of at least 4 members (excludes halogenated alkanes) is 2. The maximum atomic E-state index is 13.5. The predicted molar refractivity (Wildman–Crippen MR) is 89.8 cm³/mol. The number of hydrogen-bond acceptors (Lipinski definition) is 3. The molecule has 0 aliphatic carbocycles. The third kappa shape index (κ3) is 5.36. The third-order valence-corrected chi connectivity index (χ3v) is 3.51. The Hall–Kier alpha value is -2.43. The van der Waals surface area contributed by atoms with Crippen molar-refractivity contribution in [1.29, 1.82) is 0 Å². The number of carbonyl (C=O) groups is 1. The smallest absolute Gasteiger partial charge is 0.251 e. The molecule has 0 spiro atoms. The Kier molecular flexibility index (Phi) is 6.54. The average molecular weight is 315 g/mol. The van der Waals surface area contributed by atoms with Crippen LogP contribution in [0.4, 0.5) is 10.2 Å². The Balaban J connectivity index is 1.90. The maximum absolute atomic E-state index is 13.5. The van der Waals surface area contributed by atoms with Gasteiger partial charge in [-0.1, -0.05) is 38.0 Å². The molecule has 0 aliphatic rings. The first-order valence-corrected chi connectivity index (χ1v) is 7.92. The Morgan fingerprint density at radius 2 is 2.04 bits per heavy atom. The van der Waals surface area contributed by atoms with Crippen LogP contribution in [0.25, 0.3) is 0 Å². The molecule has 0 radical (unpaired) electrons. The van der Waals surface area contributed by atoms with Gasteiger partial charge in [0.05, 0.1) is 0 Å². The second-order valence-electron chi connectivity index (χ2n) is 5.34. The summed E-state index contributed by atoms with van der Waals surface area (Å²) in [5.41, 5.74) is 0.974. The standard InChI is InChI=1S/C18H22FN3O/c1-2-3-6-10-20-17-12-14(9-11-21-17)18(23)22-13-15-7-4-5-8-16(15)19/h4-5,7-9,11-12H,2-3,6,10,13H2,1H3,(H,20,21)(H,22,23). The molecule has 0 fully saturated rings. The van der Waals surface area contributed by atoms with Crippen molar-refractivity contribution in [2.75, 3.05) is 11.9 Å². The fourth-order valence-electron chi connectivity index (χ4n) is 2.18. The monoisotopic (exact) mass is 315 g/mol. The second kappa shape index (κ2) is 8.88. The number of amides is 1. The van der Waals surface area contributed by atoms with Gasteiger partial charge in [-0.25, -0.2) is 9.37 Å². The fraction of sp³-hybridized carbons (Fsp3) is 0.333. The van der Waals surface area contributed by atoms with Crippen LogP contribution in [-0.2, 0) is 6.54 Å². The van der Waals surface area contributed by atoms with E-state index in [0.717, 1.165) is 25.8 Å². The van der Waals surface area contributed by atoms with Crippen molar-refractivity contribution < 1.29 is 9.18 Å². The van der Waals surface area contributed by atoms with Gasteiger partial charge in [0.15, 0.2) is 0 Å². The summed E-state index contributed by atoms with van der Waals surface area (Å²) >= 11 is 0. The molecule has 1 amide bonds. The van der Waals surface area contributed by atoms with Gasteiger partial charge in [0.25, 0.3) is 5.91 Å². The minimum absolute atomic E-state index is 0.160. The van der Waals surface area contributed by atoms with E-state index in [9.17, 15) is 9.18 Å². The topological polar surface area (TPSA) is 54.0 Å². The van der Waals surface area contributed by atoms with Gasteiger partial charge >= 0.3 is 0 Å². The molecule has 0 saturated heterocycles. The number of halogens is 1. The molecule has 2 aromatic rings. The number of rotatable bonds is 8. The van der Waals surface area contributed by atoms with Crippen LogP contribution in [0, 0.1) is 5.82 Å². The minimum atomic E-state index is -0.319. The van der Waals surface area contributed by atoms with Gasteiger partial charge in [-0.3, -0.25) is 4.79 Å². The highest BCUT2D eigenvalue weighted by Crippen LogP contribution is 2.09. The Morgan fingerprint density at radius 3 is 2.83 bits per heavy atom. The van der Waals surface area contributed by atoms with Crippen molar-refractivity contribution in [2.24, 2.45) is 0 Å². The van der Waals surface area contributed by atoms with E-state index in [1.54, 1.807) is 36.5 Å². The summed E-state index contributed by atoms with van der Waals surface area (Å²) in [6, 6.07) is 9.76. The van der Waals surface area contributed by atoms with E-state index in [-0.39, 0.29) is 18.3 Å². The summed E-state index contributed by atoms with van der Waals surface area (Å²) in [6.07, 6.45) is 4.99. The van der Waals surface area contributed by atoms with Crippen LogP contribution in [0.3, 0.4) is 0 Å². The lowest BCUT2D eigenvalue weighted by molar-refractivity contribution is 0.0950. The fourth-order valence-corrected chi connectivity index (χ4v) is 2.18. The summed E-state index contributed by atoms with van der Waals surface area (Å²) in [6.45, 7) is 3.15. The molecule has 1 aromatic heterocycles. The summed E-state index contributed by atoms with van der Waals surface area (Å²) < 4.78 is 13.5. The number of benzene rings is 1. The zero-order valence-corrected chi connectivity index (χ0v) is 13.3. The quantitative estimate of drug-likeness (QED) is 0.729. The van der Waals surface area contributed by atoms with Crippen molar-refractivity contribution >= 4 is 11.7 Å². The van der Waals surface area contributed by atoms with Gasteiger partial charge in [-0.15, -0.1) is 0 Å². The van der Waals surface area contributed by atoms with E-state index in [1.807, 2.05) is 0 Å². The van der Waals surface area contributed by atoms with Crippen molar-refractivity contribution in [3.8, 4) is 0 Å². The van der Waals surface area contributed by atoms with Gasteiger partial charge in [-0.2, -0.15) is 0 Å². The van der Waals surface area contributed by atoms with Crippen LogP contribution >= 0.6 is 0 Å². The molecule has 1 heterocycles. The molecule has 23 heavy (non-hydrogen) atoms. The Labute approximate surface area is 136 Å². The van der Waals surface area contributed by atoms with Crippen molar-refractivity contribution in [3.63, 3.8) is 0 Å². The minimum Gasteiger partial charge on any atom is -0.370 e. The first kappa shape index (κ1) is 16.9. The number of hydrogen-bond donors (Lipinski definition) is 2. The number of carbonyl (C=O) groups excluding carboxylic acids is 1. The van der Waals surface area contributed by atoms with Crippen molar-refractivity contribution in [1.82, 2.24) is 10.3 Å². The van der Waals surface area contributed by atoms with Crippen molar-refractivity contribution in [3.05, 3.63) is 59.5 Å². The number of nitrogens with one attached hydrogen (secondary N) is 2. The molecule has 0 saturated carbocycles. The molecule has 1 aromatic carbocycles. The highest BCUT2D eigenvalue weighted by Gasteiger charge is 2.08. The lowest BCUT2D eigenvalue weighted by atomic mass is 10.2. The van der Waals surface area contributed by atoms with E-state index in [4.69, 9.17) is 0 Å². The summed E-state index contributed by atoms with van der Waals surface area (Å²) in [4.78, 5) is 16.4. The third-order valence-electron chi connectivity index (χ3n) is 3.51. The molecule has 4 nitrogen and oxygen atoms in total. The molecule has 0 aliphatic heterocycles. The van der Waals surface area contributed by atoms with Crippen LogP contribution in [-0.4, -0.2) is 17.4 Å². The first-order valence-electron chi connectivity index (χ1n) is 7.92. The summed E-state index contributed by atoms with van der Waals surface area (Å²) in [7, 11) is 0. The lowest BCUT2D eigenvalue weighted by Gasteiger charge is -2.08. The highest BCUT2D eigenvalue weighted by atomic mass is 19.1. The number of pyridine rings is 1. The molecule has 0 bridgehead atoms. The molecule has 2 rings (SSSR count). The van der Waals surface area contributed by atoms with Crippen molar-refractivity contribution in [2.45, 2.75) is 32.7 Å². The number of aromatic nitrogens is 1. The first-order chi connectivity index (χ1) is 11.2. The second-order valence-corrected chi connectivity index (χ2v) is 5.34. The van der Waals surface area contributed by atoms with Gasteiger partial charge < -0.3 is 10.6 Å². The van der Waals surface area contributed by atoms with E-state index in [2.05, 4.69) is 22.5 Å². The SMILES string of the molecule is CCCCCNc1cc(C(=O)NCc2ccccc2F)ccn1. The number of nitrogens with zero attached hydrogens (tertiary/aromatic N) is 1. The average Bonchev–Trinajstić information content (AvgIpc) is 2.58. The molecule has 0 atom stereocenters. The lowest BCUT2D eigenvalue weighted by Crippen LogP contribution is -2.23. The predicted octanol–water partition coefficient (Wildman–Crippen LogP) is 3.75. The molecular formula is C18H22FN3O. The van der Waals surface area contributed by atoms with Crippen LogP contribution in [0.15, 0.2) is 42.6 Å².